The van der Waals surface area contributed by atoms with E-state index in [2.05, 4.69) is 108 Å². The van der Waals surface area contributed by atoms with Crippen LogP contribution < -0.4 is 16.0 Å². The number of rotatable bonds is 3. The summed E-state index contributed by atoms with van der Waals surface area (Å²) in [5.41, 5.74) is 12.0. The molecule has 2 aromatic heterocycles. The first-order valence-electron chi connectivity index (χ1n) is 18.9. The lowest BCUT2D eigenvalue weighted by Crippen LogP contribution is -2.33. The number of benzene rings is 7. The van der Waals surface area contributed by atoms with Crippen LogP contribution in [0.3, 0.4) is 0 Å². The van der Waals surface area contributed by atoms with Crippen molar-refractivity contribution in [2.24, 2.45) is 0 Å². The van der Waals surface area contributed by atoms with E-state index < -0.39 is 0 Å². The van der Waals surface area contributed by atoms with Gasteiger partial charge in [-0.25, -0.2) is 0 Å². The van der Waals surface area contributed by atoms with Crippen molar-refractivity contribution >= 4 is 66.0 Å². The lowest BCUT2D eigenvalue weighted by molar-refractivity contribution is 0.985. The molecule has 0 saturated carbocycles. The van der Waals surface area contributed by atoms with Gasteiger partial charge in [-0.05, 0) is 87.8 Å². The molecule has 2 aliphatic heterocycles. The summed E-state index contributed by atoms with van der Waals surface area (Å²) in [4.78, 5) is 32.7. The summed E-state index contributed by atoms with van der Waals surface area (Å²) < 4.78 is 3.87. The molecule has 0 atom stereocenters. The Morgan fingerprint density at radius 1 is 0.436 bits per heavy atom. The van der Waals surface area contributed by atoms with Crippen LogP contribution in [0.15, 0.2) is 173 Å². The third-order valence-corrected chi connectivity index (χ3v) is 11.8. The number of nitrogens with zero attached hydrogens (tertiary/aromatic N) is 3. The van der Waals surface area contributed by atoms with Gasteiger partial charge in [0.05, 0.1) is 39.5 Å². The van der Waals surface area contributed by atoms with Crippen molar-refractivity contribution in [3.05, 3.63) is 190 Å². The van der Waals surface area contributed by atoms with Gasteiger partial charge in [0.15, 0.2) is 0 Å². The maximum atomic E-state index is 15.2. The van der Waals surface area contributed by atoms with Gasteiger partial charge < -0.3 is 4.90 Å². The number of allylic oxidation sites excluding steroid dienone is 4. The highest BCUT2D eigenvalue weighted by Gasteiger charge is 2.38. The third-order valence-electron chi connectivity index (χ3n) is 11.8. The van der Waals surface area contributed by atoms with Crippen molar-refractivity contribution in [3.8, 4) is 33.6 Å². The highest BCUT2D eigenvalue weighted by atomic mass is 16.1. The second kappa shape index (κ2) is 11.1. The zero-order valence-electron chi connectivity index (χ0n) is 29.7. The topological polar surface area (TPSA) is 47.2 Å². The predicted molar refractivity (Wildman–Crippen MR) is 227 cm³/mol. The van der Waals surface area contributed by atoms with Crippen LogP contribution in [-0.2, 0) is 0 Å². The summed E-state index contributed by atoms with van der Waals surface area (Å²) in [6.45, 7) is 0. The summed E-state index contributed by atoms with van der Waals surface area (Å²) >= 11 is 0. The molecule has 0 radical (unpaired) electrons. The first kappa shape index (κ1) is 30.2. The fraction of sp³-hybridized carbons (Fsp3) is 0.0400. The van der Waals surface area contributed by atoms with Crippen LogP contribution in [0.4, 0.5) is 17.1 Å². The van der Waals surface area contributed by atoms with E-state index in [0.717, 1.165) is 107 Å². The van der Waals surface area contributed by atoms with Gasteiger partial charge in [0.1, 0.15) is 0 Å². The highest BCUT2D eigenvalue weighted by Crippen LogP contribution is 2.57. The third kappa shape index (κ3) is 4.01. The molecular formula is C50H31N3O2. The number of aromatic nitrogens is 2. The van der Waals surface area contributed by atoms with Crippen molar-refractivity contribution < 1.29 is 0 Å². The number of fused-ring (bicyclic) bond motifs is 10. The molecule has 0 N–H and O–H groups in total. The van der Waals surface area contributed by atoms with Gasteiger partial charge >= 0.3 is 0 Å². The molecule has 0 spiro atoms. The molecule has 0 unspecified atom stereocenters. The van der Waals surface area contributed by atoms with Gasteiger partial charge in [-0.3, -0.25) is 18.7 Å². The summed E-state index contributed by atoms with van der Waals surface area (Å²) in [6.07, 6.45) is 8.69. The van der Waals surface area contributed by atoms with Crippen LogP contribution in [0.2, 0.25) is 0 Å². The fourth-order valence-corrected chi connectivity index (χ4v) is 9.43. The molecule has 0 saturated heterocycles. The summed E-state index contributed by atoms with van der Waals surface area (Å²) in [5, 5.41) is 5.05. The largest absolute Gasteiger partial charge is 0.302 e. The zero-order valence-corrected chi connectivity index (χ0v) is 29.7. The smallest absolute Gasteiger partial charge is 0.263 e. The Morgan fingerprint density at radius 3 is 1.51 bits per heavy atom. The molecule has 1 aliphatic carbocycles. The van der Waals surface area contributed by atoms with Gasteiger partial charge in [0.25, 0.3) is 11.1 Å². The molecule has 12 rings (SSSR count). The molecule has 0 amide bonds. The number of anilines is 3. The van der Waals surface area contributed by atoms with E-state index in [9.17, 15) is 0 Å². The first-order valence-corrected chi connectivity index (χ1v) is 18.9. The minimum atomic E-state index is -0.0873. The Hall–Kier alpha value is -7.24. The van der Waals surface area contributed by atoms with Gasteiger partial charge in [0.2, 0.25) is 0 Å². The van der Waals surface area contributed by atoms with Crippen LogP contribution in [0.25, 0.3) is 82.6 Å². The first-order chi connectivity index (χ1) is 27.2. The molecular weight excluding hydrogens is 675 g/mol. The lowest BCUT2D eigenvalue weighted by atomic mass is 9.86. The van der Waals surface area contributed by atoms with Crippen molar-refractivity contribution in [2.45, 2.75) is 12.8 Å². The Bertz CT molecular complexity index is 3350. The Morgan fingerprint density at radius 2 is 0.945 bits per heavy atom. The Balaban J connectivity index is 1.38. The van der Waals surface area contributed by atoms with E-state index in [0.29, 0.717) is 10.8 Å². The normalized spacial score (nSPS) is 13.8. The molecule has 5 heteroatoms. The summed E-state index contributed by atoms with van der Waals surface area (Å²) in [5.74, 6) is 0. The molecule has 55 heavy (non-hydrogen) atoms. The minimum Gasteiger partial charge on any atom is -0.302 e. The van der Waals surface area contributed by atoms with E-state index in [1.54, 1.807) is 0 Å². The summed E-state index contributed by atoms with van der Waals surface area (Å²) in [7, 11) is 0. The molecule has 5 nitrogen and oxygen atoms in total. The van der Waals surface area contributed by atoms with E-state index >= 15 is 9.59 Å². The average molecular weight is 706 g/mol. The van der Waals surface area contributed by atoms with Crippen molar-refractivity contribution in [3.63, 3.8) is 0 Å². The Kier molecular flexibility index (Phi) is 6.12. The van der Waals surface area contributed by atoms with Crippen molar-refractivity contribution in [1.29, 1.82) is 0 Å². The summed E-state index contributed by atoms with van der Waals surface area (Å²) in [6, 6.07) is 49.7. The zero-order chi connectivity index (χ0) is 36.4. The van der Waals surface area contributed by atoms with Crippen LogP contribution >= 0.6 is 0 Å². The van der Waals surface area contributed by atoms with Gasteiger partial charge in [-0.15, -0.1) is 0 Å². The van der Waals surface area contributed by atoms with E-state index in [4.69, 9.17) is 0 Å². The Labute approximate surface area is 315 Å². The van der Waals surface area contributed by atoms with Gasteiger partial charge in [-0.1, -0.05) is 127 Å². The predicted octanol–water partition coefficient (Wildman–Crippen LogP) is 11.8. The maximum absolute atomic E-state index is 15.2. The number of hydrogen-bond acceptors (Lipinski definition) is 3. The fourth-order valence-electron chi connectivity index (χ4n) is 9.43. The molecule has 0 fully saturated rings. The standard InChI is InChI=1S/C50H31N3O2/c54-49-37-22-12-10-20-35(37)44-43(32-18-8-3-9-19-32)45-36-21-11-13-23-38(36)50(55)53-42-29-34(31-16-6-2-7-17-31)25-27-40(42)51-39-26-24-33(30-14-4-1-5-15-30)28-41(39)52(49)46(44)48(51)47(45)53/h1,3-6,8-29H,2,7H2. The van der Waals surface area contributed by atoms with Crippen LogP contribution in [-0.4, -0.2) is 9.13 Å². The van der Waals surface area contributed by atoms with Gasteiger partial charge in [0, 0.05) is 27.1 Å². The van der Waals surface area contributed by atoms with Crippen LogP contribution in [0.5, 0.6) is 0 Å². The van der Waals surface area contributed by atoms with Crippen molar-refractivity contribution in [1.82, 2.24) is 9.13 Å². The van der Waals surface area contributed by atoms with Crippen LogP contribution in [0, 0.1) is 0 Å². The lowest BCUT2D eigenvalue weighted by Gasteiger charge is -2.40. The van der Waals surface area contributed by atoms with E-state index in [1.165, 1.54) is 0 Å². The molecule has 4 heterocycles. The number of pyridine rings is 2. The maximum Gasteiger partial charge on any atom is 0.263 e. The molecule has 9 aromatic rings. The van der Waals surface area contributed by atoms with E-state index in [-0.39, 0.29) is 11.1 Å². The molecule has 258 valence electrons. The van der Waals surface area contributed by atoms with Gasteiger partial charge in [-0.2, -0.15) is 0 Å². The van der Waals surface area contributed by atoms with E-state index in [1.807, 2.05) is 69.8 Å². The molecule has 3 aliphatic rings. The minimum absolute atomic E-state index is 0.0798. The second-order valence-electron chi connectivity index (χ2n) is 14.7. The van der Waals surface area contributed by atoms with Crippen molar-refractivity contribution in [2.75, 3.05) is 4.90 Å². The molecule has 0 bridgehead atoms. The number of hydrogen-bond donors (Lipinski definition) is 0. The SMILES string of the molecule is O=c1c2ccccc2c2c(-c3ccccc3)c3c4ccccc4c(=O)n4c3c3c2n1-c1cc(C2=CCCC=C2)ccc1N3c1ccc(-c2ccccc2)cc1-4. The monoisotopic (exact) mass is 705 g/mol. The quantitative estimate of drug-likeness (QED) is 0.136. The second-order valence-corrected chi connectivity index (χ2v) is 14.7. The highest BCUT2D eigenvalue weighted by molar-refractivity contribution is 6.33. The van der Waals surface area contributed by atoms with Crippen LogP contribution in [0.1, 0.15) is 18.4 Å². The average Bonchev–Trinajstić information content (AvgIpc) is 3.26. The molecule has 7 aromatic carbocycles.